The van der Waals surface area contributed by atoms with Crippen molar-refractivity contribution in [3.63, 3.8) is 0 Å². The number of halogens is 1. The lowest BCUT2D eigenvalue weighted by atomic mass is 10.0. The van der Waals surface area contributed by atoms with Crippen LogP contribution >= 0.6 is 15.9 Å². The van der Waals surface area contributed by atoms with Crippen LogP contribution in [-0.4, -0.2) is 12.9 Å². The van der Waals surface area contributed by atoms with Gasteiger partial charge < -0.3 is 4.74 Å². The fraction of sp³-hybridized carbons (Fsp3) is 0.133. The minimum absolute atomic E-state index is 0.0486. The molecule has 2 nitrogen and oxygen atoms in total. The number of para-hydroxylation sites is 1. The molecule has 0 unspecified atom stereocenters. The van der Waals surface area contributed by atoms with E-state index in [0.29, 0.717) is 5.56 Å². The summed E-state index contributed by atoms with van der Waals surface area (Å²) in [5.41, 5.74) is 2.63. The van der Waals surface area contributed by atoms with Gasteiger partial charge in [-0.05, 0) is 36.8 Å². The highest BCUT2D eigenvalue weighted by Gasteiger charge is 2.08. The zero-order valence-corrected chi connectivity index (χ0v) is 11.8. The van der Waals surface area contributed by atoms with Crippen molar-refractivity contribution < 1.29 is 9.53 Å². The van der Waals surface area contributed by atoms with Gasteiger partial charge in [-0.2, -0.15) is 0 Å². The molecule has 0 radical (unpaired) electrons. The first-order chi connectivity index (χ1) is 8.61. The predicted octanol–water partition coefficient (Wildman–Crippen LogP) is 4.33. The Labute approximate surface area is 115 Å². The van der Waals surface area contributed by atoms with E-state index in [4.69, 9.17) is 4.74 Å². The third kappa shape index (κ3) is 2.62. The van der Waals surface area contributed by atoms with Crippen LogP contribution in [0.4, 0.5) is 0 Å². The van der Waals surface area contributed by atoms with Gasteiger partial charge in [0.1, 0.15) is 5.75 Å². The Morgan fingerprint density at radius 1 is 1.17 bits per heavy atom. The van der Waals surface area contributed by atoms with Crippen molar-refractivity contribution in [2.45, 2.75) is 6.92 Å². The van der Waals surface area contributed by atoms with E-state index in [1.54, 1.807) is 14.0 Å². The highest BCUT2D eigenvalue weighted by atomic mass is 79.9. The summed E-state index contributed by atoms with van der Waals surface area (Å²) in [5, 5.41) is 0. The van der Waals surface area contributed by atoms with Crippen molar-refractivity contribution in [3.05, 3.63) is 52.5 Å². The molecule has 0 saturated heterocycles. The molecule has 0 atom stereocenters. The van der Waals surface area contributed by atoms with E-state index in [0.717, 1.165) is 21.3 Å². The van der Waals surface area contributed by atoms with Crippen LogP contribution in [0, 0.1) is 0 Å². The summed E-state index contributed by atoms with van der Waals surface area (Å²) in [6.45, 7) is 1.56. The molecule has 0 aliphatic heterocycles. The largest absolute Gasteiger partial charge is 0.496 e. The van der Waals surface area contributed by atoms with Crippen molar-refractivity contribution >= 4 is 21.7 Å². The minimum atomic E-state index is 0.0486. The van der Waals surface area contributed by atoms with E-state index in [1.165, 1.54) is 0 Å². The lowest BCUT2D eigenvalue weighted by Crippen LogP contribution is -1.94. The topological polar surface area (TPSA) is 26.3 Å². The van der Waals surface area contributed by atoms with Crippen LogP contribution in [0.15, 0.2) is 46.9 Å². The molecule has 0 aromatic heterocycles. The molecule has 2 aromatic carbocycles. The number of carbonyl (C=O) groups is 1. The average Bonchev–Trinajstić information content (AvgIpc) is 2.38. The molecule has 0 amide bonds. The molecule has 0 N–H and O–H groups in total. The van der Waals surface area contributed by atoms with Gasteiger partial charge in [0.05, 0.1) is 7.11 Å². The van der Waals surface area contributed by atoms with Crippen LogP contribution in [0.3, 0.4) is 0 Å². The van der Waals surface area contributed by atoms with E-state index in [9.17, 15) is 4.79 Å². The number of methoxy groups -OCH3 is 1. The average molecular weight is 305 g/mol. The van der Waals surface area contributed by atoms with Crippen LogP contribution < -0.4 is 4.74 Å². The maximum absolute atomic E-state index is 11.5. The molecule has 92 valence electrons. The van der Waals surface area contributed by atoms with Gasteiger partial charge >= 0.3 is 0 Å². The van der Waals surface area contributed by atoms with E-state index in [-0.39, 0.29) is 5.78 Å². The molecule has 2 rings (SSSR count). The number of carbonyl (C=O) groups excluding carboxylic acids is 1. The van der Waals surface area contributed by atoms with E-state index >= 15 is 0 Å². The molecule has 0 aliphatic carbocycles. The van der Waals surface area contributed by atoms with E-state index in [1.807, 2.05) is 42.5 Å². The second kappa shape index (κ2) is 5.36. The van der Waals surface area contributed by atoms with Gasteiger partial charge in [0.15, 0.2) is 5.78 Å². The van der Waals surface area contributed by atoms with Gasteiger partial charge in [-0.15, -0.1) is 0 Å². The zero-order chi connectivity index (χ0) is 13.1. The van der Waals surface area contributed by atoms with Gasteiger partial charge in [0.2, 0.25) is 0 Å². The Hall–Kier alpha value is -1.61. The second-order valence-electron chi connectivity index (χ2n) is 3.99. The monoisotopic (exact) mass is 304 g/mol. The lowest BCUT2D eigenvalue weighted by Gasteiger charge is -2.10. The number of Topliss-reactive ketones (excluding diaryl/α,β-unsaturated/α-hetero) is 1. The third-order valence-corrected chi connectivity index (χ3v) is 3.18. The Kier molecular flexibility index (Phi) is 3.82. The van der Waals surface area contributed by atoms with Gasteiger partial charge in [-0.25, -0.2) is 0 Å². The summed E-state index contributed by atoms with van der Waals surface area (Å²) in [5.74, 6) is 0.845. The van der Waals surface area contributed by atoms with Crippen molar-refractivity contribution in [1.82, 2.24) is 0 Å². The predicted molar refractivity (Wildman–Crippen MR) is 76.1 cm³/mol. The van der Waals surface area contributed by atoms with Crippen molar-refractivity contribution in [2.75, 3.05) is 7.11 Å². The first-order valence-electron chi connectivity index (χ1n) is 5.56. The number of rotatable bonds is 3. The SMILES string of the molecule is COc1ccccc1-c1cc(Br)cc(C(C)=O)c1. The molecule has 0 saturated carbocycles. The molecule has 0 spiro atoms. The molecule has 0 bridgehead atoms. The second-order valence-corrected chi connectivity index (χ2v) is 4.90. The summed E-state index contributed by atoms with van der Waals surface area (Å²) in [4.78, 5) is 11.5. The normalized spacial score (nSPS) is 10.2. The Bertz CT molecular complexity index is 591. The molecular formula is C15H13BrO2. The number of benzene rings is 2. The van der Waals surface area contributed by atoms with Crippen LogP contribution in [-0.2, 0) is 0 Å². The van der Waals surface area contributed by atoms with Crippen LogP contribution in [0.2, 0.25) is 0 Å². The first-order valence-corrected chi connectivity index (χ1v) is 6.36. The number of hydrogen-bond donors (Lipinski definition) is 0. The highest BCUT2D eigenvalue weighted by molar-refractivity contribution is 9.10. The van der Waals surface area contributed by atoms with Crippen LogP contribution in [0.1, 0.15) is 17.3 Å². The van der Waals surface area contributed by atoms with Crippen molar-refractivity contribution in [2.24, 2.45) is 0 Å². The quantitative estimate of drug-likeness (QED) is 0.789. The van der Waals surface area contributed by atoms with Gasteiger partial charge in [0, 0.05) is 15.6 Å². The number of hydrogen-bond acceptors (Lipinski definition) is 2. The zero-order valence-electron chi connectivity index (χ0n) is 10.2. The van der Waals surface area contributed by atoms with Gasteiger partial charge in [-0.3, -0.25) is 4.79 Å². The molecule has 3 heteroatoms. The minimum Gasteiger partial charge on any atom is -0.496 e. The molecule has 0 aliphatic rings. The molecule has 2 aromatic rings. The summed E-state index contributed by atoms with van der Waals surface area (Å²) in [6, 6.07) is 13.4. The maximum atomic E-state index is 11.5. The van der Waals surface area contributed by atoms with Gasteiger partial charge in [-0.1, -0.05) is 34.1 Å². The van der Waals surface area contributed by atoms with Crippen molar-refractivity contribution in [3.8, 4) is 16.9 Å². The van der Waals surface area contributed by atoms with E-state index in [2.05, 4.69) is 15.9 Å². The lowest BCUT2D eigenvalue weighted by molar-refractivity contribution is 0.101. The van der Waals surface area contributed by atoms with Crippen LogP contribution in [0.25, 0.3) is 11.1 Å². The fourth-order valence-electron chi connectivity index (χ4n) is 1.83. The highest BCUT2D eigenvalue weighted by Crippen LogP contribution is 2.32. The molecule has 0 heterocycles. The number of ether oxygens (including phenoxy) is 1. The Morgan fingerprint density at radius 2 is 1.89 bits per heavy atom. The standard InChI is InChI=1S/C15H13BrO2/c1-10(17)11-7-12(9-13(16)8-11)14-5-3-4-6-15(14)18-2/h3-9H,1-2H3. The Morgan fingerprint density at radius 3 is 2.56 bits per heavy atom. The van der Waals surface area contributed by atoms with Crippen LogP contribution in [0.5, 0.6) is 5.75 Å². The van der Waals surface area contributed by atoms with Crippen molar-refractivity contribution in [1.29, 1.82) is 0 Å². The fourth-order valence-corrected chi connectivity index (χ4v) is 2.32. The smallest absolute Gasteiger partial charge is 0.159 e. The summed E-state index contributed by atoms with van der Waals surface area (Å²) in [6.07, 6.45) is 0. The molecular weight excluding hydrogens is 292 g/mol. The summed E-state index contributed by atoms with van der Waals surface area (Å²) in [7, 11) is 1.64. The summed E-state index contributed by atoms with van der Waals surface area (Å²) >= 11 is 3.43. The third-order valence-electron chi connectivity index (χ3n) is 2.72. The summed E-state index contributed by atoms with van der Waals surface area (Å²) < 4.78 is 6.23. The Balaban J connectivity index is 2.60. The number of ketones is 1. The van der Waals surface area contributed by atoms with Gasteiger partial charge in [0.25, 0.3) is 0 Å². The first kappa shape index (κ1) is 12.8. The molecule has 0 fully saturated rings. The molecule has 18 heavy (non-hydrogen) atoms. The maximum Gasteiger partial charge on any atom is 0.159 e. The van der Waals surface area contributed by atoms with E-state index < -0.39 is 0 Å².